The van der Waals surface area contributed by atoms with Crippen molar-refractivity contribution in [3.05, 3.63) is 5.28 Å². The molecule has 1 aromatic heterocycles. The van der Waals surface area contributed by atoms with Gasteiger partial charge in [0.25, 0.3) is 0 Å². The average Bonchev–Trinajstić information content (AvgIpc) is 3.25. The molecule has 1 aliphatic rings. The molecule has 2 rings (SSSR count). The first-order valence-corrected chi connectivity index (χ1v) is 7.43. The Morgan fingerprint density at radius 1 is 1.05 bits per heavy atom. The number of aromatic nitrogens is 3. The molecule has 0 saturated heterocycles. The SMILES string of the molecule is NCCOCCOCCNc1nc(Cl)nc(NC2CC2)n1. The van der Waals surface area contributed by atoms with Crippen LogP contribution < -0.4 is 16.4 Å². The van der Waals surface area contributed by atoms with Gasteiger partial charge in [0, 0.05) is 19.1 Å². The molecule has 0 bridgehead atoms. The average molecular weight is 317 g/mol. The van der Waals surface area contributed by atoms with Crippen molar-refractivity contribution in [3.63, 3.8) is 0 Å². The van der Waals surface area contributed by atoms with Crippen LogP contribution in [0.3, 0.4) is 0 Å². The largest absolute Gasteiger partial charge is 0.378 e. The Kier molecular flexibility index (Phi) is 6.87. The van der Waals surface area contributed by atoms with E-state index in [1.165, 1.54) is 0 Å². The summed E-state index contributed by atoms with van der Waals surface area (Å²) in [5.41, 5.74) is 5.30. The van der Waals surface area contributed by atoms with Gasteiger partial charge in [-0.2, -0.15) is 15.0 Å². The number of rotatable bonds is 11. The smallest absolute Gasteiger partial charge is 0.229 e. The second-order valence-corrected chi connectivity index (χ2v) is 4.95. The van der Waals surface area contributed by atoms with Gasteiger partial charge in [-0.1, -0.05) is 0 Å². The van der Waals surface area contributed by atoms with E-state index in [9.17, 15) is 0 Å². The minimum atomic E-state index is 0.173. The molecule has 4 N–H and O–H groups in total. The topological polar surface area (TPSA) is 107 Å². The fourth-order valence-corrected chi connectivity index (χ4v) is 1.70. The molecule has 0 aromatic carbocycles. The molecular weight excluding hydrogens is 296 g/mol. The summed E-state index contributed by atoms with van der Waals surface area (Å²) < 4.78 is 10.6. The molecule has 1 heterocycles. The second kappa shape index (κ2) is 8.93. The quantitative estimate of drug-likeness (QED) is 0.507. The molecule has 1 fully saturated rings. The highest BCUT2D eigenvalue weighted by molar-refractivity contribution is 6.28. The van der Waals surface area contributed by atoms with Crippen molar-refractivity contribution >= 4 is 23.5 Å². The maximum absolute atomic E-state index is 5.86. The first-order chi connectivity index (χ1) is 10.3. The Morgan fingerprint density at radius 2 is 1.76 bits per heavy atom. The van der Waals surface area contributed by atoms with Gasteiger partial charge in [0.1, 0.15) is 0 Å². The summed E-state index contributed by atoms with van der Waals surface area (Å²) in [5.74, 6) is 0.956. The highest BCUT2D eigenvalue weighted by Gasteiger charge is 2.22. The van der Waals surface area contributed by atoms with Crippen molar-refractivity contribution < 1.29 is 9.47 Å². The van der Waals surface area contributed by atoms with Crippen LogP contribution in [-0.2, 0) is 9.47 Å². The van der Waals surface area contributed by atoms with Crippen LogP contribution in [0.4, 0.5) is 11.9 Å². The van der Waals surface area contributed by atoms with Crippen molar-refractivity contribution in [2.24, 2.45) is 5.73 Å². The summed E-state index contributed by atoms with van der Waals surface area (Å²) in [4.78, 5) is 12.3. The van der Waals surface area contributed by atoms with Gasteiger partial charge < -0.3 is 25.8 Å². The van der Waals surface area contributed by atoms with Gasteiger partial charge in [-0.25, -0.2) is 0 Å². The molecule has 8 nitrogen and oxygen atoms in total. The van der Waals surface area contributed by atoms with E-state index in [1.54, 1.807) is 0 Å². The summed E-state index contributed by atoms with van der Waals surface area (Å²) >= 11 is 5.86. The van der Waals surface area contributed by atoms with Gasteiger partial charge in [-0.3, -0.25) is 0 Å². The second-order valence-electron chi connectivity index (χ2n) is 4.61. The van der Waals surface area contributed by atoms with E-state index in [1.807, 2.05) is 0 Å². The third kappa shape index (κ3) is 6.85. The van der Waals surface area contributed by atoms with E-state index in [0.29, 0.717) is 57.5 Å². The van der Waals surface area contributed by atoms with Crippen molar-refractivity contribution in [1.29, 1.82) is 0 Å². The molecule has 0 radical (unpaired) electrons. The Labute approximate surface area is 128 Å². The Morgan fingerprint density at radius 3 is 2.48 bits per heavy atom. The zero-order valence-corrected chi connectivity index (χ0v) is 12.6. The van der Waals surface area contributed by atoms with Crippen LogP contribution in [0.25, 0.3) is 0 Å². The summed E-state index contributed by atoms with van der Waals surface area (Å²) in [6, 6.07) is 0.466. The standard InChI is InChI=1S/C12H21ClN6O2/c13-10-17-11(19-12(18-10)16-9-1-2-9)15-4-6-21-8-7-20-5-3-14/h9H,1-8,14H2,(H2,15,16,17,18,19). The van der Waals surface area contributed by atoms with Crippen molar-refractivity contribution in [2.75, 3.05) is 50.2 Å². The van der Waals surface area contributed by atoms with Crippen LogP contribution in [0.5, 0.6) is 0 Å². The van der Waals surface area contributed by atoms with Crippen LogP contribution in [0, 0.1) is 0 Å². The van der Waals surface area contributed by atoms with Crippen LogP contribution >= 0.6 is 11.6 Å². The van der Waals surface area contributed by atoms with Gasteiger partial charge in [0.2, 0.25) is 17.2 Å². The monoisotopic (exact) mass is 316 g/mol. The summed E-state index contributed by atoms with van der Waals surface area (Å²) in [5, 5.41) is 6.40. The molecule has 0 spiro atoms. The van der Waals surface area contributed by atoms with Crippen molar-refractivity contribution in [2.45, 2.75) is 18.9 Å². The molecule has 1 saturated carbocycles. The molecule has 1 aliphatic carbocycles. The number of ether oxygens (including phenoxy) is 2. The predicted molar refractivity (Wildman–Crippen MR) is 80.7 cm³/mol. The number of hydrogen-bond donors (Lipinski definition) is 3. The van der Waals surface area contributed by atoms with E-state index in [0.717, 1.165) is 12.8 Å². The first-order valence-electron chi connectivity index (χ1n) is 7.05. The van der Waals surface area contributed by atoms with Crippen LogP contribution in [0.1, 0.15) is 12.8 Å². The van der Waals surface area contributed by atoms with Gasteiger partial charge in [0.15, 0.2) is 0 Å². The lowest BCUT2D eigenvalue weighted by Gasteiger charge is -2.08. The molecule has 1 aromatic rings. The third-order valence-electron chi connectivity index (χ3n) is 2.68. The Hall–Kier alpha value is -1.22. The van der Waals surface area contributed by atoms with E-state index in [4.69, 9.17) is 26.8 Å². The molecule has 118 valence electrons. The van der Waals surface area contributed by atoms with Crippen LogP contribution in [-0.4, -0.2) is 60.5 Å². The van der Waals surface area contributed by atoms with E-state index in [2.05, 4.69) is 25.6 Å². The lowest BCUT2D eigenvalue weighted by molar-refractivity contribution is 0.0547. The van der Waals surface area contributed by atoms with Gasteiger partial charge in [-0.15, -0.1) is 0 Å². The first kappa shape index (κ1) is 16.2. The van der Waals surface area contributed by atoms with Crippen LogP contribution in [0.15, 0.2) is 0 Å². The number of anilines is 2. The summed E-state index contributed by atoms with van der Waals surface area (Å²) in [6.07, 6.45) is 2.29. The maximum atomic E-state index is 5.86. The minimum absolute atomic E-state index is 0.173. The normalized spacial score (nSPS) is 14.2. The predicted octanol–water partition coefficient (Wildman–Crippen LogP) is 0.503. The minimum Gasteiger partial charge on any atom is -0.378 e. The lowest BCUT2D eigenvalue weighted by Crippen LogP contribution is -2.16. The van der Waals surface area contributed by atoms with E-state index < -0.39 is 0 Å². The van der Waals surface area contributed by atoms with Crippen molar-refractivity contribution in [3.8, 4) is 0 Å². The molecule has 9 heteroatoms. The molecule has 0 unspecified atom stereocenters. The molecule has 0 amide bonds. The lowest BCUT2D eigenvalue weighted by atomic mass is 10.6. The highest BCUT2D eigenvalue weighted by atomic mass is 35.5. The molecular formula is C12H21ClN6O2. The van der Waals surface area contributed by atoms with Gasteiger partial charge >= 0.3 is 0 Å². The molecule has 0 aliphatic heterocycles. The number of halogens is 1. The fraction of sp³-hybridized carbons (Fsp3) is 0.750. The van der Waals surface area contributed by atoms with Gasteiger partial charge in [0.05, 0.1) is 26.4 Å². The Balaban J connectivity index is 1.62. The zero-order chi connectivity index (χ0) is 14.9. The third-order valence-corrected chi connectivity index (χ3v) is 2.85. The summed E-state index contributed by atoms with van der Waals surface area (Å²) in [6.45, 7) is 3.28. The molecule has 21 heavy (non-hydrogen) atoms. The number of nitrogens with one attached hydrogen (secondary N) is 2. The number of hydrogen-bond acceptors (Lipinski definition) is 8. The van der Waals surface area contributed by atoms with E-state index >= 15 is 0 Å². The Bertz CT molecular complexity index is 432. The highest BCUT2D eigenvalue weighted by Crippen LogP contribution is 2.23. The van der Waals surface area contributed by atoms with Gasteiger partial charge in [-0.05, 0) is 24.4 Å². The molecule has 0 atom stereocenters. The van der Waals surface area contributed by atoms with E-state index in [-0.39, 0.29) is 5.28 Å². The van der Waals surface area contributed by atoms with Crippen LogP contribution in [0.2, 0.25) is 5.28 Å². The zero-order valence-electron chi connectivity index (χ0n) is 11.8. The fourth-order valence-electron chi connectivity index (χ4n) is 1.54. The number of nitrogens with two attached hydrogens (primary N) is 1. The number of nitrogens with zero attached hydrogens (tertiary/aromatic N) is 3. The summed E-state index contributed by atoms with van der Waals surface area (Å²) in [7, 11) is 0. The van der Waals surface area contributed by atoms with Crippen molar-refractivity contribution in [1.82, 2.24) is 15.0 Å². The maximum Gasteiger partial charge on any atom is 0.229 e.